The molecule has 4 N–H and O–H groups in total. The molecule has 0 saturated carbocycles. The number of nitrogens with two attached hydrogens (primary N) is 1. The van der Waals surface area contributed by atoms with E-state index < -0.39 is 28.0 Å². The minimum atomic E-state index is -3.61. The third-order valence-electron chi connectivity index (χ3n) is 3.39. The Labute approximate surface area is 142 Å². The van der Waals surface area contributed by atoms with Gasteiger partial charge in [0.1, 0.15) is 6.04 Å². The normalized spacial score (nSPS) is 12.7. The smallest absolute Gasteiger partial charge is 0.312 e. The Morgan fingerprint density at radius 3 is 2.42 bits per heavy atom. The zero-order valence-corrected chi connectivity index (χ0v) is 14.9. The van der Waals surface area contributed by atoms with Crippen LogP contribution in [0.4, 0.5) is 4.79 Å². The van der Waals surface area contributed by atoms with Gasteiger partial charge in [0.2, 0.25) is 15.9 Å². The van der Waals surface area contributed by atoms with E-state index in [-0.39, 0.29) is 11.4 Å². The second-order valence-electron chi connectivity index (χ2n) is 5.46. The van der Waals surface area contributed by atoms with E-state index in [1.807, 2.05) is 6.92 Å². The third-order valence-corrected chi connectivity index (χ3v) is 5.31. The van der Waals surface area contributed by atoms with Crippen LogP contribution in [0.1, 0.15) is 25.3 Å². The number of nitrogens with zero attached hydrogens (tertiary/aromatic N) is 1. The maximum Gasteiger partial charge on any atom is 0.312 e. The van der Waals surface area contributed by atoms with Gasteiger partial charge in [0.15, 0.2) is 0 Å². The molecule has 134 valence electrons. The largest absolute Gasteiger partial charge is 0.352 e. The number of sulfonamides is 1. The van der Waals surface area contributed by atoms with Crippen molar-refractivity contribution in [1.82, 2.24) is 14.9 Å². The van der Waals surface area contributed by atoms with Crippen molar-refractivity contribution in [2.24, 2.45) is 5.73 Å². The van der Waals surface area contributed by atoms with Crippen LogP contribution in [0.25, 0.3) is 0 Å². The van der Waals surface area contributed by atoms with Gasteiger partial charge in [-0.3, -0.25) is 4.79 Å². The summed E-state index contributed by atoms with van der Waals surface area (Å²) in [6.45, 7) is 1.91. The molecular formula is C15H24N4O4S. The summed E-state index contributed by atoms with van der Waals surface area (Å²) in [5.74, 6) is -0.410. The molecule has 0 fully saturated rings. The number of benzene rings is 1. The standard InChI is InChI=1S/C15H24N4O4S/c1-4-7-12(18-15(16)21)14(20)17-10-11-8-5-6-9-13(11)24(22,23)19(2)3/h5-6,8-9,12H,4,7,10H2,1-3H3,(H,17,20)(H3,16,18,21). The number of primary amides is 1. The van der Waals surface area contributed by atoms with Gasteiger partial charge in [0, 0.05) is 20.6 Å². The molecule has 0 aliphatic heterocycles. The van der Waals surface area contributed by atoms with Gasteiger partial charge in [-0.2, -0.15) is 0 Å². The molecule has 9 heteroatoms. The molecule has 1 rings (SSSR count). The first-order valence-electron chi connectivity index (χ1n) is 7.54. The van der Waals surface area contributed by atoms with E-state index in [0.29, 0.717) is 18.4 Å². The molecule has 0 aromatic heterocycles. The number of nitrogens with one attached hydrogen (secondary N) is 2. The molecule has 24 heavy (non-hydrogen) atoms. The second-order valence-corrected chi connectivity index (χ2v) is 7.58. The van der Waals surface area contributed by atoms with Crippen LogP contribution in [-0.4, -0.2) is 44.8 Å². The van der Waals surface area contributed by atoms with Crippen LogP contribution in [-0.2, 0) is 21.4 Å². The molecule has 1 atom stereocenters. The molecule has 1 unspecified atom stereocenters. The zero-order chi connectivity index (χ0) is 18.3. The quantitative estimate of drug-likeness (QED) is 0.624. The van der Waals surface area contributed by atoms with Crippen LogP contribution in [0.5, 0.6) is 0 Å². The predicted molar refractivity (Wildman–Crippen MR) is 90.6 cm³/mol. The van der Waals surface area contributed by atoms with Crippen molar-refractivity contribution in [2.45, 2.75) is 37.2 Å². The first kappa shape index (κ1) is 19.9. The highest BCUT2D eigenvalue weighted by molar-refractivity contribution is 7.89. The van der Waals surface area contributed by atoms with Crippen molar-refractivity contribution in [3.05, 3.63) is 29.8 Å². The second kappa shape index (κ2) is 8.65. The van der Waals surface area contributed by atoms with Crippen LogP contribution >= 0.6 is 0 Å². The molecular weight excluding hydrogens is 332 g/mol. The van der Waals surface area contributed by atoms with Gasteiger partial charge >= 0.3 is 6.03 Å². The van der Waals surface area contributed by atoms with Crippen LogP contribution < -0.4 is 16.4 Å². The van der Waals surface area contributed by atoms with Gasteiger partial charge in [0.25, 0.3) is 0 Å². The van der Waals surface area contributed by atoms with Crippen molar-refractivity contribution in [2.75, 3.05) is 14.1 Å². The van der Waals surface area contributed by atoms with Crippen molar-refractivity contribution in [3.8, 4) is 0 Å². The Hall–Kier alpha value is -2.13. The topological polar surface area (TPSA) is 122 Å². The van der Waals surface area contributed by atoms with Gasteiger partial charge in [-0.1, -0.05) is 31.5 Å². The van der Waals surface area contributed by atoms with Crippen molar-refractivity contribution >= 4 is 22.0 Å². The number of urea groups is 1. The Kier molecular flexibility index (Phi) is 7.18. The number of hydrogen-bond donors (Lipinski definition) is 3. The monoisotopic (exact) mass is 356 g/mol. The van der Waals surface area contributed by atoms with Gasteiger partial charge < -0.3 is 16.4 Å². The molecule has 0 saturated heterocycles. The highest BCUT2D eigenvalue weighted by atomic mass is 32.2. The van der Waals surface area contributed by atoms with E-state index in [2.05, 4.69) is 10.6 Å². The maximum atomic E-state index is 12.3. The molecule has 1 aromatic rings. The molecule has 0 aliphatic rings. The number of hydrogen-bond acceptors (Lipinski definition) is 4. The lowest BCUT2D eigenvalue weighted by Crippen LogP contribution is -2.48. The molecule has 0 bridgehead atoms. The minimum absolute atomic E-state index is 0.0305. The average Bonchev–Trinajstić information content (AvgIpc) is 2.51. The third kappa shape index (κ3) is 5.20. The molecule has 3 amide bonds. The highest BCUT2D eigenvalue weighted by Crippen LogP contribution is 2.18. The van der Waals surface area contributed by atoms with E-state index in [9.17, 15) is 18.0 Å². The minimum Gasteiger partial charge on any atom is -0.352 e. The summed E-state index contributed by atoms with van der Waals surface area (Å²) in [5, 5.41) is 5.03. The summed E-state index contributed by atoms with van der Waals surface area (Å²) in [6, 6.07) is 4.91. The van der Waals surface area contributed by atoms with E-state index in [4.69, 9.17) is 5.73 Å². The molecule has 0 heterocycles. The zero-order valence-electron chi connectivity index (χ0n) is 14.1. The van der Waals surface area contributed by atoms with Crippen LogP contribution in [0.3, 0.4) is 0 Å². The molecule has 0 aliphatic carbocycles. The lowest BCUT2D eigenvalue weighted by atomic mass is 10.1. The Morgan fingerprint density at radius 1 is 1.25 bits per heavy atom. The fourth-order valence-electron chi connectivity index (χ4n) is 2.13. The molecule has 8 nitrogen and oxygen atoms in total. The summed E-state index contributed by atoms with van der Waals surface area (Å²) < 4.78 is 25.8. The van der Waals surface area contributed by atoms with Gasteiger partial charge in [-0.25, -0.2) is 17.5 Å². The highest BCUT2D eigenvalue weighted by Gasteiger charge is 2.22. The van der Waals surface area contributed by atoms with Crippen molar-refractivity contribution < 1.29 is 18.0 Å². The van der Waals surface area contributed by atoms with Gasteiger partial charge in [-0.15, -0.1) is 0 Å². The fourth-order valence-corrected chi connectivity index (χ4v) is 3.25. The summed E-state index contributed by atoms with van der Waals surface area (Å²) in [5.41, 5.74) is 5.53. The van der Waals surface area contributed by atoms with Crippen molar-refractivity contribution in [1.29, 1.82) is 0 Å². The van der Waals surface area contributed by atoms with Crippen LogP contribution in [0, 0.1) is 0 Å². The molecule has 0 radical (unpaired) electrons. The Bertz CT molecular complexity index is 688. The summed E-state index contributed by atoms with van der Waals surface area (Å²) in [4.78, 5) is 23.3. The van der Waals surface area contributed by atoms with Crippen LogP contribution in [0.2, 0.25) is 0 Å². The maximum absolute atomic E-state index is 12.3. The SMILES string of the molecule is CCCC(NC(N)=O)C(=O)NCc1ccccc1S(=O)(=O)N(C)C. The van der Waals surface area contributed by atoms with E-state index in [1.165, 1.54) is 20.2 Å². The van der Waals surface area contributed by atoms with E-state index in [1.54, 1.807) is 18.2 Å². The number of amides is 3. The summed E-state index contributed by atoms with van der Waals surface area (Å²) >= 11 is 0. The van der Waals surface area contributed by atoms with Gasteiger partial charge in [0.05, 0.1) is 4.90 Å². The number of rotatable bonds is 8. The van der Waals surface area contributed by atoms with Crippen molar-refractivity contribution in [3.63, 3.8) is 0 Å². The summed E-state index contributed by atoms with van der Waals surface area (Å²) in [6.07, 6.45) is 1.12. The average molecular weight is 356 g/mol. The molecule has 1 aromatic carbocycles. The summed E-state index contributed by atoms with van der Waals surface area (Å²) in [7, 11) is -0.726. The number of carbonyl (C=O) groups is 2. The van der Waals surface area contributed by atoms with Crippen LogP contribution in [0.15, 0.2) is 29.2 Å². The first-order valence-corrected chi connectivity index (χ1v) is 8.98. The number of carbonyl (C=O) groups excluding carboxylic acids is 2. The Balaban J connectivity index is 2.91. The first-order chi connectivity index (χ1) is 11.2. The Morgan fingerprint density at radius 2 is 1.88 bits per heavy atom. The fraction of sp³-hybridized carbons (Fsp3) is 0.467. The lowest BCUT2D eigenvalue weighted by molar-refractivity contribution is -0.123. The van der Waals surface area contributed by atoms with E-state index >= 15 is 0 Å². The molecule has 0 spiro atoms. The van der Waals surface area contributed by atoms with Gasteiger partial charge in [-0.05, 0) is 18.1 Å². The lowest BCUT2D eigenvalue weighted by Gasteiger charge is -2.18. The predicted octanol–water partition coefficient (Wildman–Crippen LogP) is 0.390. The van der Waals surface area contributed by atoms with E-state index in [0.717, 1.165) is 4.31 Å².